The largest absolute Gasteiger partial charge is 0.465 e. The van der Waals surface area contributed by atoms with E-state index in [-0.39, 0.29) is 17.0 Å². The minimum absolute atomic E-state index is 0.124. The Hall–Kier alpha value is -2.61. The number of methoxy groups -OCH3 is 1. The Balaban J connectivity index is 2.91. The molecular weight excluding hydrogens is 282 g/mol. The smallest absolute Gasteiger partial charge is 0.348 e. The van der Waals surface area contributed by atoms with Crippen molar-refractivity contribution >= 4 is 18.0 Å². The van der Waals surface area contributed by atoms with Crippen LogP contribution in [-0.2, 0) is 14.3 Å². The molecule has 0 aliphatic carbocycles. The molecule has 0 saturated heterocycles. The van der Waals surface area contributed by atoms with Gasteiger partial charge in [-0.3, -0.25) is 4.79 Å². The average Bonchev–Trinajstić information content (AvgIpc) is 2.42. The molecular formula is C17H19NO4. The molecule has 0 amide bonds. The summed E-state index contributed by atoms with van der Waals surface area (Å²) >= 11 is 0. The fourth-order valence-electron chi connectivity index (χ4n) is 1.68. The monoisotopic (exact) mass is 301 g/mol. The third-order valence-corrected chi connectivity index (χ3v) is 2.60. The van der Waals surface area contributed by atoms with Crippen molar-refractivity contribution in [2.45, 2.75) is 27.2 Å². The highest BCUT2D eigenvalue weighted by molar-refractivity contribution is 5.97. The number of ether oxygens (including phenoxy) is 2. The van der Waals surface area contributed by atoms with Crippen molar-refractivity contribution in [1.29, 1.82) is 5.26 Å². The van der Waals surface area contributed by atoms with E-state index in [2.05, 4.69) is 4.74 Å². The van der Waals surface area contributed by atoms with Gasteiger partial charge in [0.25, 0.3) is 0 Å². The molecule has 0 saturated carbocycles. The second kappa shape index (κ2) is 7.41. The molecule has 0 atom stereocenters. The molecule has 5 heteroatoms. The fraction of sp³-hybridized carbons (Fsp3) is 0.353. The van der Waals surface area contributed by atoms with Crippen LogP contribution in [0.1, 0.15) is 32.8 Å². The lowest BCUT2D eigenvalue weighted by atomic mass is 9.92. The van der Waals surface area contributed by atoms with Crippen molar-refractivity contribution in [2.75, 3.05) is 7.11 Å². The van der Waals surface area contributed by atoms with E-state index in [9.17, 15) is 9.59 Å². The van der Waals surface area contributed by atoms with Crippen LogP contribution in [-0.4, -0.2) is 19.0 Å². The number of hydrogen-bond acceptors (Lipinski definition) is 5. The van der Waals surface area contributed by atoms with Crippen molar-refractivity contribution in [2.24, 2.45) is 5.41 Å². The number of esters is 2. The van der Waals surface area contributed by atoms with Crippen molar-refractivity contribution in [3.8, 4) is 11.8 Å². The van der Waals surface area contributed by atoms with E-state index >= 15 is 0 Å². The van der Waals surface area contributed by atoms with E-state index in [0.717, 1.165) is 0 Å². The van der Waals surface area contributed by atoms with Gasteiger partial charge in [0, 0.05) is 0 Å². The molecule has 1 rings (SSSR count). The first-order valence-corrected chi connectivity index (χ1v) is 6.76. The summed E-state index contributed by atoms with van der Waals surface area (Å²) in [6.45, 7) is 5.84. The summed E-state index contributed by atoms with van der Waals surface area (Å²) in [5.74, 6) is -0.676. The number of carbonyl (C=O) groups is 2. The highest BCUT2D eigenvalue weighted by Gasteiger charge is 2.17. The molecule has 0 spiro atoms. The summed E-state index contributed by atoms with van der Waals surface area (Å²) in [5, 5.41) is 8.93. The molecule has 0 fully saturated rings. The quantitative estimate of drug-likeness (QED) is 0.369. The summed E-state index contributed by atoms with van der Waals surface area (Å²) in [7, 11) is 1.21. The lowest BCUT2D eigenvalue weighted by Crippen LogP contribution is -2.17. The van der Waals surface area contributed by atoms with E-state index in [4.69, 9.17) is 10.00 Å². The molecule has 0 aliphatic rings. The zero-order valence-electron chi connectivity index (χ0n) is 13.2. The van der Waals surface area contributed by atoms with Gasteiger partial charge in [-0.25, -0.2) is 4.79 Å². The van der Waals surface area contributed by atoms with Crippen molar-refractivity contribution in [1.82, 2.24) is 0 Å². The van der Waals surface area contributed by atoms with E-state index in [0.29, 0.717) is 17.7 Å². The maximum absolute atomic E-state index is 11.8. The van der Waals surface area contributed by atoms with Gasteiger partial charge < -0.3 is 9.47 Å². The fourth-order valence-corrected chi connectivity index (χ4v) is 1.68. The number of nitrogens with zero attached hydrogens (tertiary/aromatic N) is 1. The van der Waals surface area contributed by atoms with Gasteiger partial charge in [-0.05, 0) is 29.2 Å². The zero-order valence-corrected chi connectivity index (χ0v) is 13.2. The van der Waals surface area contributed by atoms with Gasteiger partial charge >= 0.3 is 11.9 Å². The van der Waals surface area contributed by atoms with Crippen LogP contribution in [0.4, 0.5) is 0 Å². The number of rotatable bonds is 4. The van der Waals surface area contributed by atoms with E-state index in [1.807, 2.05) is 20.8 Å². The van der Waals surface area contributed by atoms with E-state index in [1.165, 1.54) is 13.2 Å². The SMILES string of the molecule is COC(=O)/C(C#N)=C/c1cccc(OC(=O)CC(C)(C)C)c1. The van der Waals surface area contributed by atoms with Gasteiger partial charge in [-0.15, -0.1) is 0 Å². The Morgan fingerprint density at radius 1 is 1.32 bits per heavy atom. The van der Waals surface area contributed by atoms with Gasteiger partial charge in [-0.1, -0.05) is 32.9 Å². The predicted octanol–water partition coefficient (Wildman–Crippen LogP) is 3.11. The maximum atomic E-state index is 11.8. The van der Waals surface area contributed by atoms with Gasteiger partial charge in [0.15, 0.2) is 0 Å². The van der Waals surface area contributed by atoms with Gasteiger partial charge in [0.1, 0.15) is 17.4 Å². The first kappa shape index (κ1) is 17.4. The minimum Gasteiger partial charge on any atom is -0.465 e. The molecule has 0 bridgehead atoms. The highest BCUT2D eigenvalue weighted by atomic mass is 16.5. The lowest BCUT2D eigenvalue weighted by molar-refractivity contribution is -0.137. The van der Waals surface area contributed by atoms with Crippen LogP contribution >= 0.6 is 0 Å². The van der Waals surface area contributed by atoms with Crippen LogP contribution < -0.4 is 4.74 Å². The third-order valence-electron chi connectivity index (χ3n) is 2.60. The summed E-state index contributed by atoms with van der Waals surface area (Å²) in [5.41, 5.74) is 0.289. The number of carbonyl (C=O) groups excluding carboxylic acids is 2. The van der Waals surface area contributed by atoms with Crippen molar-refractivity contribution in [3.63, 3.8) is 0 Å². The van der Waals surface area contributed by atoms with Gasteiger partial charge in [0.2, 0.25) is 0 Å². The number of nitriles is 1. The molecule has 1 aromatic rings. The first-order chi connectivity index (χ1) is 10.2. The predicted molar refractivity (Wildman–Crippen MR) is 81.8 cm³/mol. The highest BCUT2D eigenvalue weighted by Crippen LogP contribution is 2.21. The van der Waals surface area contributed by atoms with Crippen LogP contribution in [0.25, 0.3) is 6.08 Å². The van der Waals surface area contributed by atoms with Gasteiger partial charge in [0.05, 0.1) is 13.5 Å². The van der Waals surface area contributed by atoms with Crippen LogP contribution in [0.15, 0.2) is 29.8 Å². The number of benzene rings is 1. The van der Waals surface area contributed by atoms with Crippen LogP contribution in [0, 0.1) is 16.7 Å². The van der Waals surface area contributed by atoms with Gasteiger partial charge in [-0.2, -0.15) is 5.26 Å². The molecule has 0 radical (unpaired) electrons. The Morgan fingerprint density at radius 2 is 2.00 bits per heavy atom. The Bertz CT molecular complexity index is 633. The summed E-state index contributed by atoms with van der Waals surface area (Å²) in [6.07, 6.45) is 1.67. The molecule has 1 aromatic carbocycles. The van der Waals surface area contributed by atoms with E-state index in [1.54, 1.807) is 30.3 Å². The normalized spacial score (nSPS) is 11.5. The molecule has 116 valence electrons. The van der Waals surface area contributed by atoms with Crippen LogP contribution in [0.2, 0.25) is 0 Å². The Labute approximate surface area is 130 Å². The molecule has 5 nitrogen and oxygen atoms in total. The Kier molecular flexibility index (Phi) is 5.88. The lowest BCUT2D eigenvalue weighted by Gasteiger charge is -2.16. The summed E-state index contributed by atoms with van der Waals surface area (Å²) < 4.78 is 9.78. The Morgan fingerprint density at radius 3 is 2.55 bits per heavy atom. The van der Waals surface area contributed by atoms with Crippen LogP contribution in [0.3, 0.4) is 0 Å². The molecule has 0 aliphatic heterocycles. The molecule has 22 heavy (non-hydrogen) atoms. The number of hydrogen-bond donors (Lipinski definition) is 0. The molecule has 0 N–H and O–H groups in total. The van der Waals surface area contributed by atoms with Crippen LogP contribution in [0.5, 0.6) is 5.75 Å². The second-order valence-corrected chi connectivity index (χ2v) is 5.95. The molecule has 0 unspecified atom stereocenters. The first-order valence-electron chi connectivity index (χ1n) is 6.76. The van der Waals surface area contributed by atoms with Crippen molar-refractivity contribution in [3.05, 3.63) is 35.4 Å². The average molecular weight is 301 g/mol. The standard InChI is InChI=1S/C17H19NO4/c1-17(2,3)10-15(19)22-14-7-5-6-12(9-14)8-13(11-18)16(20)21-4/h5-9H,10H2,1-4H3/b13-8+. The third kappa shape index (κ3) is 5.80. The maximum Gasteiger partial charge on any atom is 0.348 e. The zero-order chi connectivity index (χ0) is 16.8. The summed E-state index contributed by atoms with van der Waals surface area (Å²) in [6, 6.07) is 8.37. The van der Waals surface area contributed by atoms with Crippen molar-refractivity contribution < 1.29 is 19.1 Å². The molecule has 0 aromatic heterocycles. The van der Waals surface area contributed by atoms with E-state index < -0.39 is 5.97 Å². The minimum atomic E-state index is -0.711. The summed E-state index contributed by atoms with van der Waals surface area (Å²) in [4.78, 5) is 23.2. The topological polar surface area (TPSA) is 76.4 Å². The second-order valence-electron chi connectivity index (χ2n) is 5.95. The molecule has 0 heterocycles.